The first-order valence-corrected chi connectivity index (χ1v) is 14.9. The molecule has 200 valence electrons. The van der Waals surface area contributed by atoms with E-state index in [-0.39, 0.29) is 27.8 Å². The van der Waals surface area contributed by atoms with E-state index in [1.54, 1.807) is 29.4 Å². The van der Waals surface area contributed by atoms with Gasteiger partial charge in [0.1, 0.15) is 11.1 Å². The van der Waals surface area contributed by atoms with Gasteiger partial charge in [0.25, 0.3) is 15.9 Å². The maximum Gasteiger partial charge on any atom is 0.261 e. The highest BCUT2D eigenvalue weighted by Crippen LogP contribution is 2.39. The van der Waals surface area contributed by atoms with Crippen molar-refractivity contribution < 1.29 is 22.4 Å². The second kappa shape index (κ2) is 11.4. The number of halogens is 2. The molecule has 1 aliphatic rings. The maximum atomic E-state index is 12.8. The third kappa shape index (κ3) is 6.42. The first-order valence-electron chi connectivity index (χ1n) is 11.6. The van der Waals surface area contributed by atoms with Crippen molar-refractivity contribution in [1.82, 2.24) is 4.90 Å². The zero-order chi connectivity index (χ0) is 27.6. The number of hydrogen-bond donors (Lipinski definition) is 2. The summed E-state index contributed by atoms with van der Waals surface area (Å²) in [4.78, 5) is 27.0. The van der Waals surface area contributed by atoms with Crippen LogP contribution in [0.1, 0.15) is 27.1 Å². The molecule has 1 aromatic heterocycles. The quantitative estimate of drug-likeness (QED) is 0.241. The molecule has 0 unspecified atom stereocenters. The summed E-state index contributed by atoms with van der Waals surface area (Å²) in [6.07, 6.45) is 1.58. The van der Waals surface area contributed by atoms with Gasteiger partial charge in [-0.2, -0.15) is 0 Å². The summed E-state index contributed by atoms with van der Waals surface area (Å²) in [5.41, 5.74) is 1.98. The van der Waals surface area contributed by atoms with E-state index >= 15 is 0 Å². The van der Waals surface area contributed by atoms with Crippen LogP contribution in [0.3, 0.4) is 0 Å². The van der Waals surface area contributed by atoms with Gasteiger partial charge in [-0.1, -0.05) is 35.3 Å². The van der Waals surface area contributed by atoms with Crippen LogP contribution in [0.5, 0.6) is 0 Å². The molecule has 0 spiro atoms. The standard InChI is InChI=1S/C27H21Cl2N3O5S2/c28-19-12-20(29)14-22(13-19)31-39(35,36)24-9-7-21(8-10-24)30-26(34)17-3-5-18(6-4-17)27-32(25(33)16-38-27)15-23-2-1-11-37-23/h1-14,27,31H,15-16H2,(H,30,34)/t27-/m0/s1. The lowest BCUT2D eigenvalue weighted by Crippen LogP contribution is -2.27. The first-order chi connectivity index (χ1) is 18.7. The zero-order valence-corrected chi connectivity index (χ0v) is 23.3. The Kier molecular flexibility index (Phi) is 7.90. The van der Waals surface area contributed by atoms with Crippen molar-refractivity contribution in [3.8, 4) is 0 Å². The Bertz CT molecular complexity index is 1590. The number of nitrogens with one attached hydrogen (secondary N) is 2. The fourth-order valence-electron chi connectivity index (χ4n) is 4.02. The number of sulfonamides is 1. The fourth-order valence-corrected chi connectivity index (χ4v) is 6.77. The Morgan fingerprint density at radius 2 is 1.67 bits per heavy atom. The van der Waals surface area contributed by atoms with E-state index < -0.39 is 10.0 Å². The molecule has 1 atom stereocenters. The molecule has 1 saturated heterocycles. The highest BCUT2D eigenvalue weighted by atomic mass is 35.5. The molecule has 1 fully saturated rings. The van der Waals surface area contributed by atoms with Crippen molar-refractivity contribution in [2.75, 3.05) is 15.8 Å². The average Bonchev–Trinajstić information content (AvgIpc) is 3.54. The van der Waals surface area contributed by atoms with Gasteiger partial charge in [-0.05, 0) is 72.3 Å². The average molecular weight is 603 g/mol. The molecule has 1 aliphatic heterocycles. The maximum absolute atomic E-state index is 12.8. The zero-order valence-electron chi connectivity index (χ0n) is 20.1. The molecule has 5 rings (SSSR count). The Balaban J connectivity index is 1.23. The van der Waals surface area contributed by atoms with Crippen molar-refractivity contribution in [1.29, 1.82) is 0 Å². The van der Waals surface area contributed by atoms with Crippen molar-refractivity contribution in [2.24, 2.45) is 0 Å². The summed E-state index contributed by atoms with van der Waals surface area (Å²) in [6.45, 7) is 0.375. The Morgan fingerprint density at radius 3 is 2.31 bits per heavy atom. The number of thioether (sulfide) groups is 1. The van der Waals surface area contributed by atoms with Crippen LogP contribution >= 0.6 is 35.0 Å². The van der Waals surface area contributed by atoms with Crippen LogP contribution in [-0.2, 0) is 21.4 Å². The molecular formula is C27H21Cl2N3O5S2. The minimum Gasteiger partial charge on any atom is -0.467 e. The second-order valence-electron chi connectivity index (χ2n) is 8.63. The van der Waals surface area contributed by atoms with Gasteiger partial charge in [0.05, 0.1) is 29.1 Å². The molecule has 0 radical (unpaired) electrons. The molecule has 39 heavy (non-hydrogen) atoms. The van der Waals surface area contributed by atoms with Gasteiger partial charge >= 0.3 is 0 Å². The van der Waals surface area contributed by atoms with Crippen LogP contribution in [0.25, 0.3) is 0 Å². The summed E-state index contributed by atoms with van der Waals surface area (Å²) < 4.78 is 33.3. The first kappa shape index (κ1) is 27.1. The molecule has 0 saturated carbocycles. The highest BCUT2D eigenvalue weighted by molar-refractivity contribution is 8.00. The van der Waals surface area contributed by atoms with Crippen molar-refractivity contribution in [2.45, 2.75) is 16.8 Å². The van der Waals surface area contributed by atoms with E-state index in [1.165, 1.54) is 54.2 Å². The number of nitrogens with zero attached hydrogens (tertiary/aromatic N) is 1. The summed E-state index contributed by atoms with van der Waals surface area (Å²) in [5.74, 6) is 0.754. The predicted molar refractivity (Wildman–Crippen MR) is 153 cm³/mol. The van der Waals surface area contributed by atoms with Gasteiger partial charge in [0, 0.05) is 21.3 Å². The number of rotatable bonds is 8. The molecular weight excluding hydrogens is 581 g/mol. The lowest BCUT2D eigenvalue weighted by atomic mass is 10.1. The topological polar surface area (TPSA) is 109 Å². The minimum atomic E-state index is -3.90. The van der Waals surface area contributed by atoms with Crippen molar-refractivity contribution in [3.63, 3.8) is 0 Å². The third-order valence-electron chi connectivity index (χ3n) is 5.87. The Morgan fingerprint density at radius 1 is 0.974 bits per heavy atom. The van der Waals surface area contributed by atoms with Gasteiger partial charge in [0.15, 0.2) is 0 Å². The molecule has 4 aromatic rings. The van der Waals surface area contributed by atoms with Gasteiger partial charge < -0.3 is 14.6 Å². The molecule has 0 aliphatic carbocycles. The van der Waals surface area contributed by atoms with E-state index in [9.17, 15) is 18.0 Å². The lowest BCUT2D eigenvalue weighted by Gasteiger charge is -2.23. The second-order valence-corrected chi connectivity index (χ2v) is 12.3. The molecule has 2 amide bonds. The van der Waals surface area contributed by atoms with Crippen LogP contribution in [0.2, 0.25) is 10.0 Å². The number of carbonyl (C=O) groups is 2. The number of benzene rings is 3. The number of amides is 2. The molecule has 2 heterocycles. The van der Waals surface area contributed by atoms with Gasteiger partial charge in [-0.3, -0.25) is 14.3 Å². The lowest BCUT2D eigenvalue weighted by molar-refractivity contribution is -0.128. The minimum absolute atomic E-state index is 0.00339. The highest BCUT2D eigenvalue weighted by Gasteiger charge is 2.33. The smallest absolute Gasteiger partial charge is 0.261 e. The van der Waals surface area contributed by atoms with Crippen LogP contribution in [0.15, 0.2) is 94.4 Å². The normalized spacial score (nSPS) is 15.4. The Labute approximate surface area is 239 Å². The predicted octanol–water partition coefficient (Wildman–Crippen LogP) is 6.41. The SMILES string of the molecule is O=C(Nc1ccc(S(=O)(=O)Nc2cc(Cl)cc(Cl)c2)cc1)c1ccc([C@@H]2SCC(=O)N2Cc2ccco2)cc1. The van der Waals surface area contributed by atoms with Gasteiger partial charge in [-0.15, -0.1) is 11.8 Å². The van der Waals surface area contributed by atoms with Crippen molar-refractivity contribution >= 4 is 68.2 Å². The van der Waals surface area contributed by atoms with Crippen LogP contribution in [0, 0.1) is 0 Å². The number of furan rings is 1. The summed E-state index contributed by atoms with van der Waals surface area (Å²) >= 11 is 13.4. The number of hydrogen-bond acceptors (Lipinski definition) is 6. The van der Waals surface area contributed by atoms with E-state index in [1.807, 2.05) is 18.2 Å². The van der Waals surface area contributed by atoms with E-state index in [0.29, 0.717) is 39.4 Å². The molecule has 0 bridgehead atoms. The van der Waals surface area contributed by atoms with E-state index in [0.717, 1.165) is 5.56 Å². The van der Waals surface area contributed by atoms with Crippen LogP contribution < -0.4 is 10.0 Å². The third-order valence-corrected chi connectivity index (χ3v) is 8.96. The molecule has 3 aromatic carbocycles. The molecule has 2 N–H and O–H groups in total. The summed E-state index contributed by atoms with van der Waals surface area (Å²) in [6, 6.07) is 20.8. The number of anilines is 2. The van der Waals surface area contributed by atoms with Crippen LogP contribution in [0.4, 0.5) is 11.4 Å². The molecule has 12 heteroatoms. The number of carbonyl (C=O) groups excluding carboxylic acids is 2. The van der Waals surface area contributed by atoms with Gasteiger partial charge in [-0.25, -0.2) is 8.42 Å². The monoisotopic (exact) mass is 601 g/mol. The van der Waals surface area contributed by atoms with E-state index in [4.69, 9.17) is 27.6 Å². The molecule has 8 nitrogen and oxygen atoms in total. The summed E-state index contributed by atoms with van der Waals surface area (Å²) in [7, 11) is -3.90. The van der Waals surface area contributed by atoms with Gasteiger partial charge in [0.2, 0.25) is 5.91 Å². The van der Waals surface area contributed by atoms with Crippen molar-refractivity contribution in [3.05, 3.63) is 112 Å². The largest absolute Gasteiger partial charge is 0.467 e. The fraction of sp³-hybridized carbons (Fsp3) is 0.111. The van der Waals surface area contributed by atoms with Crippen LogP contribution in [-0.4, -0.2) is 30.9 Å². The Hall–Kier alpha value is -3.44. The summed E-state index contributed by atoms with van der Waals surface area (Å²) in [5, 5.41) is 3.19. The van der Waals surface area contributed by atoms with E-state index in [2.05, 4.69) is 10.0 Å².